The zero-order valence-corrected chi connectivity index (χ0v) is 21.6. The Morgan fingerprint density at radius 3 is 2.40 bits per heavy atom. The third kappa shape index (κ3) is 3.18. The van der Waals surface area contributed by atoms with Gasteiger partial charge in [0.05, 0.1) is 18.1 Å². The van der Waals surface area contributed by atoms with Crippen molar-refractivity contribution in [1.29, 1.82) is 0 Å². The maximum atomic E-state index is 13.1. The number of esters is 2. The van der Waals surface area contributed by atoms with Gasteiger partial charge in [0.15, 0.2) is 11.4 Å². The van der Waals surface area contributed by atoms with Crippen molar-refractivity contribution in [3.63, 3.8) is 0 Å². The number of ketones is 1. The van der Waals surface area contributed by atoms with Crippen LogP contribution in [-0.2, 0) is 23.9 Å². The third-order valence-corrected chi connectivity index (χ3v) is 9.54. The van der Waals surface area contributed by atoms with E-state index < -0.39 is 69.7 Å². The van der Waals surface area contributed by atoms with Gasteiger partial charge >= 0.3 is 11.9 Å². The van der Waals surface area contributed by atoms with Crippen LogP contribution in [0.25, 0.3) is 0 Å². The Hall–Kier alpha value is -2.03. The molecule has 1 unspecified atom stereocenters. The molecule has 0 aromatic carbocycles. The van der Waals surface area contributed by atoms with E-state index in [1.165, 1.54) is 6.92 Å². The first kappa shape index (κ1) is 26.0. The maximum Gasteiger partial charge on any atom is 0.309 e. The lowest BCUT2D eigenvalue weighted by Gasteiger charge is -2.53. The van der Waals surface area contributed by atoms with Crippen molar-refractivity contribution in [3.8, 4) is 0 Å². The third-order valence-electron chi connectivity index (χ3n) is 9.54. The summed E-state index contributed by atoms with van der Waals surface area (Å²) in [5.74, 6) is -4.75. The predicted molar refractivity (Wildman–Crippen MR) is 126 cm³/mol. The minimum atomic E-state index is -1.93. The van der Waals surface area contributed by atoms with Crippen molar-refractivity contribution in [2.75, 3.05) is 6.61 Å². The molecule has 0 aliphatic heterocycles. The minimum Gasteiger partial charge on any atom is -0.458 e. The van der Waals surface area contributed by atoms with Crippen LogP contribution in [-0.4, -0.2) is 62.6 Å². The molecule has 8 heteroatoms. The smallest absolute Gasteiger partial charge is 0.309 e. The van der Waals surface area contributed by atoms with E-state index in [-0.39, 0.29) is 18.9 Å². The molecule has 0 saturated heterocycles. The molecule has 4 aliphatic rings. The van der Waals surface area contributed by atoms with Crippen LogP contribution in [0.15, 0.2) is 23.3 Å². The second-order valence-electron chi connectivity index (χ2n) is 11.7. The van der Waals surface area contributed by atoms with E-state index in [2.05, 4.69) is 0 Å². The van der Waals surface area contributed by atoms with Crippen LogP contribution in [0, 0.1) is 35.0 Å². The van der Waals surface area contributed by atoms with Gasteiger partial charge in [-0.15, -0.1) is 0 Å². The first-order valence-corrected chi connectivity index (χ1v) is 12.5. The number of ether oxygens (including phenoxy) is 2. The summed E-state index contributed by atoms with van der Waals surface area (Å²) in [7, 11) is 0. The quantitative estimate of drug-likeness (QED) is 0.395. The summed E-state index contributed by atoms with van der Waals surface area (Å²) < 4.78 is 12.0. The summed E-state index contributed by atoms with van der Waals surface area (Å²) in [6, 6.07) is 0. The molecule has 0 radical (unpaired) electrons. The molecule has 4 aliphatic carbocycles. The number of carbonyl (C=O) groups excluding carboxylic acids is 3. The number of hydrogen-bond acceptors (Lipinski definition) is 8. The van der Waals surface area contributed by atoms with Crippen LogP contribution in [0.4, 0.5) is 0 Å². The van der Waals surface area contributed by atoms with Gasteiger partial charge in [-0.3, -0.25) is 14.4 Å². The van der Waals surface area contributed by atoms with Gasteiger partial charge in [-0.05, 0) is 24.5 Å². The molecule has 4 rings (SSSR count). The fourth-order valence-electron chi connectivity index (χ4n) is 7.44. The lowest BCUT2D eigenvalue weighted by atomic mass is 9.59. The highest BCUT2D eigenvalue weighted by Gasteiger charge is 2.88. The van der Waals surface area contributed by atoms with Gasteiger partial charge in [-0.2, -0.15) is 0 Å². The molecule has 0 heterocycles. The molecule has 3 N–H and O–H groups in total. The van der Waals surface area contributed by atoms with Crippen LogP contribution < -0.4 is 0 Å². The molecule has 35 heavy (non-hydrogen) atoms. The van der Waals surface area contributed by atoms with Gasteiger partial charge < -0.3 is 24.8 Å². The monoisotopic (exact) mass is 490 g/mol. The Labute approximate surface area is 206 Å². The highest BCUT2D eigenvalue weighted by molar-refractivity contribution is 6.04. The summed E-state index contributed by atoms with van der Waals surface area (Å²) in [4.78, 5) is 38.4. The number of fused-ring (bicyclic) bond motifs is 5. The second kappa shape index (κ2) is 7.98. The molecule has 0 aromatic rings. The Bertz CT molecular complexity index is 1030. The number of hydrogen-bond donors (Lipinski definition) is 3. The molecular weight excluding hydrogens is 452 g/mol. The molecule has 0 bridgehead atoms. The summed E-state index contributed by atoms with van der Waals surface area (Å²) >= 11 is 0. The average molecular weight is 491 g/mol. The van der Waals surface area contributed by atoms with Crippen molar-refractivity contribution < 1.29 is 39.2 Å². The van der Waals surface area contributed by atoms with E-state index in [9.17, 15) is 29.7 Å². The summed E-state index contributed by atoms with van der Waals surface area (Å²) in [5.41, 5.74) is -4.74. The average Bonchev–Trinajstić information content (AvgIpc) is 3.21. The van der Waals surface area contributed by atoms with Gasteiger partial charge in [0.2, 0.25) is 0 Å². The van der Waals surface area contributed by atoms with E-state index in [4.69, 9.17) is 9.47 Å². The van der Waals surface area contributed by atoms with Crippen molar-refractivity contribution in [2.45, 2.75) is 84.2 Å². The first-order chi connectivity index (χ1) is 16.1. The van der Waals surface area contributed by atoms with Crippen molar-refractivity contribution in [1.82, 2.24) is 0 Å². The van der Waals surface area contributed by atoms with Crippen LogP contribution in [0.5, 0.6) is 0 Å². The van der Waals surface area contributed by atoms with Gasteiger partial charge in [0.1, 0.15) is 11.7 Å². The van der Waals surface area contributed by atoms with Crippen molar-refractivity contribution in [2.24, 2.45) is 35.0 Å². The number of rotatable bonds is 5. The minimum absolute atomic E-state index is 0.114. The summed E-state index contributed by atoms with van der Waals surface area (Å²) in [5, 5.41) is 34.3. The van der Waals surface area contributed by atoms with E-state index in [0.717, 1.165) is 0 Å². The van der Waals surface area contributed by atoms with E-state index in [1.54, 1.807) is 32.9 Å². The zero-order valence-electron chi connectivity index (χ0n) is 21.6. The van der Waals surface area contributed by atoms with E-state index >= 15 is 0 Å². The Morgan fingerprint density at radius 2 is 1.86 bits per heavy atom. The topological polar surface area (TPSA) is 130 Å². The van der Waals surface area contributed by atoms with Crippen molar-refractivity contribution in [3.05, 3.63) is 23.3 Å². The lowest BCUT2D eigenvalue weighted by Crippen LogP contribution is -2.66. The summed E-state index contributed by atoms with van der Waals surface area (Å²) in [6.07, 6.45) is 2.83. The molecule has 0 spiro atoms. The van der Waals surface area contributed by atoms with Gasteiger partial charge in [0.25, 0.3) is 0 Å². The highest BCUT2D eigenvalue weighted by Crippen LogP contribution is 2.77. The van der Waals surface area contributed by atoms with Crippen molar-refractivity contribution >= 4 is 17.7 Å². The number of aliphatic hydroxyl groups is 3. The van der Waals surface area contributed by atoms with Crippen LogP contribution in [0.3, 0.4) is 0 Å². The first-order valence-electron chi connectivity index (χ1n) is 12.5. The summed E-state index contributed by atoms with van der Waals surface area (Å²) in [6.45, 7) is 11.7. The predicted octanol–water partition coefficient (Wildman–Crippen LogP) is 2.10. The number of aliphatic hydroxyl groups excluding tert-OH is 1. The Morgan fingerprint density at radius 1 is 1.23 bits per heavy atom. The molecule has 2 fully saturated rings. The van der Waals surface area contributed by atoms with Crippen LogP contribution >= 0.6 is 0 Å². The normalized spacial score (nSPS) is 44.1. The molecule has 9 atom stereocenters. The van der Waals surface area contributed by atoms with Gasteiger partial charge in [-0.25, -0.2) is 0 Å². The fourth-order valence-corrected chi connectivity index (χ4v) is 7.44. The molecular formula is C27H38O8. The van der Waals surface area contributed by atoms with Gasteiger partial charge in [0, 0.05) is 42.4 Å². The SMILES string of the molecule is CCC(C)C(=O)O[C@@]12[C@H](OC(C)=O)[C@@H](C)[C@@]3(O)[C@@H](C=C(CO)C[C@]4(O)C(=O)C(C)=C[C@@H]34)[C@@H]1C2(C)C. The van der Waals surface area contributed by atoms with Crippen LogP contribution in [0.2, 0.25) is 0 Å². The second-order valence-corrected chi connectivity index (χ2v) is 11.7. The molecule has 194 valence electrons. The highest BCUT2D eigenvalue weighted by atomic mass is 16.6. The molecule has 0 amide bonds. The van der Waals surface area contributed by atoms with Gasteiger partial charge in [-0.1, -0.05) is 46.8 Å². The Kier molecular flexibility index (Phi) is 5.94. The van der Waals surface area contributed by atoms with E-state index in [0.29, 0.717) is 17.6 Å². The largest absolute Gasteiger partial charge is 0.458 e. The number of Topliss-reactive ketones (excluding diaryl/α,β-unsaturated/α-hetero) is 1. The lowest BCUT2D eigenvalue weighted by molar-refractivity contribution is -0.229. The number of carbonyl (C=O) groups is 3. The molecule has 0 aromatic heterocycles. The maximum absolute atomic E-state index is 13.1. The van der Waals surface area contributed by atoms with E-state index in [1.807, 2.05) is 20.8 Å². The molecule has 8 nitrogen and oxygen atoms in total. The molecule has 2 saturated carbocycles. The Balaban J connectivity index is 1.94. The fraction of sp³-hybridized carbons (Fsp3) is 0.741. The van der Waals surface area contributed by atoms with Crippen LogP contribution in [0.1, 0.15) is 61.3 Å². The zero-order chi connectivity index (χ0) is 26.3. The standard InChI is InChI=1S/C27H38O8/c1-8-13(2)23(31)35-27-20(24(27,6)7)18-10-17(12-28)11-25(32)19(9-14(3)21(25)30)26(18,33)15(4)22(27)34-16(5)29/h9-10,13,15,18-20,22,28,32-33H,8,11-12H2,1-7H3/t13?,15-,18+,19-,20-,22-,25-,26-,27-/m1/s1.